The first kappa shape index (κ1) is 10.4. The van der Waals surface area contributed by atoms with Gasteiger partial charge in [-0.3, -0.25) is 9.69 Å². The van der Waals surface area contributed by atoms with Crippen molar-refractivity contribution < 1.29 is 14.3 Å². The lowest BCUT2D eigenvalue weighted by molar-refractivity contribution is -0.128. The molecule has 0 radical (unpaired) electrons. The van der Waals surface area contributed by atoms with Crippen LogP contribution in [0.25, 0.3) is 0 Å². The van der Waals surface area contributed by atoms with E-state index in [1.54, 1.807) is 0 Å². The Morgan fingerprint density at radius 3 is 2.87 bits per heavy atom. The van der Waals surface area contributed by atoms with E-state index in [9.17, 15) is 9.59 Å². The van der Waals surface area contributed by atoms with Crippen LogP contribution in [0.2, 0.25) is 0 Å². The van der Waals surface area contributed by atoms with E-state index in [1.807, 2.05) is 4.90 Å². The Hall–Kier alpha value is -1.14. The molecule has 0 spiro atoms. The summed E-state index contributed by atoms with van der Waals surface area (Å²) in [4.78, 5) is 25.9. The number of nitrogens with two attached hydrogens (primary N) is 1. The smallest absolute Gasteiger partial charge is 0.416 e. The van der Waals surface area contributed by atoms with Gasteiger partial charge in [-0.1, -0.05) is 0 Å². The lowest BCUT2D eigenvalue weighted by Crippen LogP contribution is -2.40. The number of likely N-dealkylation sites (tertiary alicyclic amines) is 1. The van der Waals surface area contributed by atoms with Gasteiger partial charge < -0.3 is 10.5 Å². The zero-order chi connectivity index (χ0) is 10.8. The summed E-state index contributed by atoms with van der Waals surface area (Å²) in [7, 11) is 0. The van der Waals surface area contributed by atoms with Crippen molar-refractivity contribution in [3.05, 3.63) is 0 Å². The zero-order valence-corrected chi connectivity index (χ0v) is 8.52. The predicted octanol–water partition coefficient (Wildman–Crippen LogP) is -1.00. The topological polar surface area (TPSA) is 75.9 Å². The lowest BCUT2D eigenvalue weighted by atomic mass is 10.3. The van der Waals surface area contributed by atoms with E-state index in [0.29, 0.717) is 13.2 Å². The fourth-order valence-electron chi connectivity index (χ4n) is 1.90. The molecule has 15 heavy (non-hydrogen) atoms. The minimum atomic E-state index is -0.525. The first-order valence-corrected chi connectivity index (χ1v) is 5.12. The molecule has 1 unspecified atom stereocenters. The maximum Gasteiger partial charge on any atom is 0.416 e. The second-order valence-corrected chi connectivity index (χ2v) is 3.94. The molecule has 2 amide bonds. The minimum absolute atomic E-state index is 0.156. The van der Waals surface area contributed by atoms with Gasteiger partial charge in [0.25, 0.3) is 0 Å². The van der Waals surface area contributed by atoms with Gasteiger partial charge in [0.1, 0.15) is 6.61 Å². The van der Waals surface area contributed by atoms with Crippen LogP contribution < -0.4 is 5.73 Å². The van der Waals surface area contributed by atoms with Gasteiger partial charge in [-0.25, -0.2) is 9.69 Å². The van der Waals surface area contributed by atoms with Gasteiger partial charge in [0.05, 0.1) is 13.1 Å². The highest BCUT2D eigenvalue weighted by Crippen LogP contribution is 2.09. The van der Waals surface area contributed by atoms with Gasteiger partial charge in [-0.15, -0.1) is 0 Å². The molecule has 2 fully saturated rings. The Labute approximate surface area is 87.9 Å². The van der Waals surface area contributed by atoms with E-state index < -0.39 is 6.09 Å². The van der Waals surface area contributed by atoms with Crippen molar-refractivity contribution in [3.8, 4) is 0 Å². The molecule has 1 atom stereocenters. The first-order chi connectivity index (χ1) is 7.16. The molecule has 0 bridgehead atoms. The number of hydrogen-bond donors (Lipinski definition) is 1. The number of nitrogens with zero attached hydrogens (tertiary/aromatic N) is 2. The monoisotopic (exact) mass is 213 g/mol. The summed E-state index contributed by atoms with van der Waals surface area (Å²) in [5, 5.41) is 0. The number of imide groups is 1. The standard InChI is InChI=1S/C9H15N3O3/c10-7-1-2-11(5-7)6-8(13)12-3-4-15-9(12)14/h7H,1-6,10H2. The minimum Gasteiger partial charge on any atom is -0.447 e. The van der Waals surface area contributed by atoms with Crippen molar-refractivity contribution in [1.29, 1.82) is 0 Å². The molecule has 2 rings (SSSR count). The Morgan fingerprint density at radius 2 is 2.33 bits per heavy atom. The van der Waals surface area contributed by atoms with Crippen LogP contribution in [0.5, 0.6) is 0 Å². The molecule has 2 saturated heterocycles. The van der Waals surface area contributed by atoms with Crippen LogP contribution in [-0.4, -0.2) is 60.6 Å². The number of hydrogen-bond acceptors (Lipinski definition) is 5. The number of carbonyl (C=O) groups excluding carboxylic acids is 2. The Bertz CT molecular complexity index is 282. The van der Waals surface area contributed by atoms with Crippen LogP contribution in [0.3, 0.4) is 0 Å². The average molecular weight is 213 g/mol. The van der Waals surface area contributed by atoms with Crippen LogP contribution in [-0.2, 0) is 9.53 Å². The van der Waals surface area contributed by atoms with Crippen LogP contribution in [0, 0.1) is 0 Å². The van der Waals surface area contributed by atoms with E-state index in [-0.39, 0.29) is 18.5 Å². The predicted molar refractivity (Wildman–Crippen MR) is 52.1 cm³/mol. The van der Waals surface area contributed by atoms with Crippen molar-refractivity contribution in [3.63, 3.8) is 0 Å². The zero-order valence-electron chi connectivity index (χ0n) is 8.52. The molecule has 2 aliphatic rings. The van der Waals surface area contributed by atoms with Gasteiger partial charge in [-0.05, 0) is 6.42 Å². The van der Waals surface area contributed by atoms with Crippen molar-refractivity contribution >= 4 is 12.0 Å². The van der Waals surface area contributed by atoms with Crippen LogP contribution in [0.4, 0.5) is 4.79 Å². The molecule has 0 aromatic rings. The average Bonchev–Trinajstić information content (AvgIpc) is 2.75. The normalized spacial score (nSPS) is 27.1. The fraction of sp³-hybridized carbons (Fsp3) is 0.778. The van der Waals surface area contributed by atoms with Crippen LogP contribution >= 0.6 is 0 Å². The Kier molecular flexibility index (Phi) is 2.88. The van der Waals surface area contributed by atoms with E-state index in [4.69, 9.17) is 10.5 Å². The molecule has 84 valence electrons. The summed E-state index contributed by atoms with van der Waals surface area (Å²) in [6.45, 7) is 2.51. The third-order valence-corrected chi connectivity index (χ3v) is 2.73. The quantitative estimate of drug-likeness (QED) is 0.636. The van der Waals surface area contributed by atoms with Gasteiger partial charge in [0, 0.05) is 19.1 Å². The Balaban J connectivity index is 1.84. The third-order valence-electron chi connectivity index (χ3n) is 2.73. The fourth-order valence-corrected chi connectivity index (χ4v) is 1.90. The summed E-state index contributed by atoms with van der Waals surface area (Å²) in [6, 6.07) is 0.156. The number of rotatable bonds is 2. The molecule has 2 aliphatic heterocycles. The second kappa shape index (κ2) is 4.16. The Morgan fingerprint density at radius 1 is 1.53 bits per heavy atom. The van der Waals surface area contributed by atoms with E-state index in [2.05, 4.69) is 0 Å². The lowest BCUT2D eigenvalue weighted by Gasteiger charge is -2.17. The van der Waals surface area contributed by atoms with E-state index >= 15 is 0 Å². The van der Waals surface area contributed by atoms with Crippen molar-refractivity contribution in [2.24, 2.45) is 5.73 Å². The highest BCUT2D eigenvalue weighted by Gasteiger charge is 2.30. The van der Waals surface area contributed by atoms with Gasteiger partial charge in [-0.2, -0.15) is 0 Å². The second-order valence-electron chi connectivity index (χ2n) is 3.94. The summed E-state index contributed by atoms with van der Waals surface area (Å²) in [6.07, 6.45) is 0.390. The van der Waals surface area contributed by atoms with Crippen molar-refractivity contribution in [2.75, 3.05) is 32.8 Å². The summed E-state index contributed by atoms with van der Waals surface area (Å²) < 4.78 is 4.70. The largest absolute Gasteiger partial charge is 0.447 e. The van der Waals surface area contributed by atoms with E-state index in [0.717, 1.165) is 24.4 Å². The van der Waals surface area contributed by atoms with Crippen molar-refractivity contribution in [1.82, 2.24) is 9.80 Å². The SMILES string of the molecule is NC1CCN(CC(=O)N2CCOC2=O)C1. The van der Waals surface area contributed by atoms with E-state index in [1.165, 1.54) is 0 Å². The maximum atomic E-state index is 11.7. The highest BCUT2D eigenvalue weighted by atomic mass is 16.6. The summed E-state index contributed by atoms with van der Waals surface area (Å²) in [5.74, 6) is -0.188. The van der Waals surface area contributed by atoms with Gasteiger partial charge in [0.15, 0.2) is 0 Å². The molecule has 0 aromatic carbocycles. The molecule has 6 nitrogen and oxygen atoms in total. The number of ether oxygens (including phenoxy) is 1. The molecule has 2 heterocycles. The number of amides is 2. The summed E-state index contributed by atoms with van der Waals surface area (Å²) >= 11 is 0. The number of carbonyl (C=O) groups is 2. The third kappa shape index (κ3) is 2.27. The molecular formula is C9H15N3O3. The number of cyclic esters (lactones) is 1. The maximum absolute atomic E-state index is 11.7. The van der Waals surface area contributed by atoms with Gasteiger partial charge in [0.2, 0.25) is 5.91 Å². The molecule has 6 heteroatoms. The van der Waals surface area contributed by atoms with Crippen molar-refractivity contribution in [2.45, 2.75) is 12.5 Å². The molecular weight excluding hydrogens is 198 g/mol. The molecule has 0 aromatic heterocycles. The van der Waals surface area contributed by atoms with Crippen LogP contribution in [0.1, 0.15) is 6.42 Å². The molecule has 0 aliphatic carbocycles. The summed E-state index contributed by atoms with van der Waals surface area (Å²) in [5.41, 5.74) is 5.72. The van der Waals surface area contributed by atoms with Crippen LogP contribution in [0.15, 0.2) is 0 Å². The first-order valence-electron chi connectivity index (χ1n) is 5.12. The molecule has 2 N–H and O–H groups in total. The molecule has 0 saturated carbocycles. The van der Waals surface area contributed by atoms with Gasteiger partial charge >= 0.3 is 6.09 Å². The highest BCUT2D eigenvalue weighted by molar-refractivity contribution is 5.94.